The Morgan fingerprint density at radius 3 is 2.09 bits per heavy atom. The largest absolute Gasteiger partial charge is 0.480 e. The van der Waals surface area contributed by atoms with Crippen molar-refractivity contribution in [3.63, 3.8) is 0 Å². The number of carbonyl (C=O) groups is 1. The third-order valence-corrected chi connectivity index (χ3v) is 8.25. The Bertz CT molecular complexity index is 1520. The van der Waals surface area contributed by atoms with E-state index >= 15 is 0 Å². The Morgan fingerprint density at radius 1 is 0.886 bits per heavy atom. The van der Waals surface area contributed by atoms with E-state index in [4.69, 9.17) is 46.4 Å². The third kappa shape index (κ3) is 5.56. The monoisotopic (exact) mass is 568 g/mol. The van der Waals surface area contributed by atoms with E-state index in [0.717, 1.165) is 5.39 Å². The fraction of sp³-hybridized carbons (Fsp3) is 0.0833. The van der Waals surface area contributed by atoms with Gasteiger partial charge in [-0.25, -0.2) is 13.4 Å². The molecule has 1 unspecified atom stereocenters. The van der Waals surface area contributed by atoms with Crippen molar-refractivity contribution < 1.29 is 18.3 Å². The molecule has 1 heterocycles. The van der Waals surface area contributed by atoms with Crippen molar-refractivity contribution in [2.45, 2.75) is 17.4 Å². The van der Waals surface area contributed by atoms with Gasteiger partial charge in [0.15, 0.2) is 0 Å². The van der Waals surface area contributed by atoms with Crippen LogP contribution in [0.25, 0.3) is 22.2 Å². The van der Waals surface area contributed by atoms with Gasteiger partial charge < -0.3 is 5.11 Å². The Hall–Kier alpha value is -2.39. The van der Waals surface area contributed by atoms with Gasteiger partial charge in [0.25, 0.3) is 0 Å². The zero-order chi connectivity index (χ0) is 25.3. The summed E-state index contributed by atoms with van der Waals surface area (Å²) in [5, 5.41) is 11.1. The highest BCUT2D eigenvalue weighted by Gasteiger charge is 2.29. The van der Waals surface area contributed by atoms with Crippen molar-refractivity contribution in [3.05, 3.63) is 92.4 Å². The van der Waals surface area contributed by atoms with Gasteiger partial charge in [0.05, 0.1) is 31.3 Å². The molecule has 0 radical (unpaired) electrons. The Balaban J connectivity index is 1.62. The van der Waals surface area contributed by atoms with Gasteiger partial charge >= 0.3 is 5.97 Å². The molecule has 0 saturated heterocycles. The molecule has 4 rings (SSSR count). The summed E-state index contributed by atoms with van der Waals surface area (Å²) >= 11 is 24.6. The maximum absolute atomic E-state index is 12.8. The molecule has 1 aromatic heterocycles. The predicted octanol–water partition coefficient (Wildman–Crippen LogP) is 6.49. The molecule has 3 aromatic carbocycles. The second-order valence-corrected chi connectivity index (χ2v) is 10.9. The molecule has 0 amide bonds. The summed E-state index contributed by atoms with van der Waals surface area (Å²) in [6.45, 7) is 0. The van der Waals surface area contributed by atoms with Crippen LogP contribution in [0, 0.1) is 0 Å². The highest BCUT2D eigenvalue weighted by molar-refractivity contribution is 7.89. The van der Waals surface area contributed by atoms with E-state index in [-0.39, 0.29) is 21.4 Å². The number of fused-ring (bicyclic) bond motifs is 1. The Labute approximate surface area is 221 Å². The molecule has 6 nitrogen and oxygen atoms in total. The summed E-state index contributed by atoms with van der Waals surface area (Å²) in [6.07, 6.45) is -0.120. The molecule has 0 fully saturated rings. The third-order valence-electron chi connectivity index (χ3n) is 5.20. The number of carboxylic acid groups (broad SMARTS) is 1. The zero-order valence-corrected chi connectivity index (χ0v) is 21.5. The summed E-state index contributed by atoms with van der Waals surface area (Å²) < 4.78 is 27.9. The number of nitrogens with zero attached hydrogens (tertiary/aromatic N) is 1. The van der Waals surface area contributed by atoms with Crippen molar-refractivity contribution in [2.24, 2.45) is 0 Å². The van der Waals surface area contributed by atoms with Crippen molar-refractivity contribution in [1.29, 1.82) is 0 Å². The lowest BCUT2D eigenvalue weighted by atomic mass is 10.0. The fourth-order valence-electron chi connectivity index (χ4n) is 3.58. The lowest BCUT2D eigenvalue weighted by Crippen LogP contribution is -2.42. The lowest BCUT2D eigenvalue weighted by molar-refractivity contribution is -0.138. The summed E-state index contributed by atoms with van der Waals surface area (Å²) in [6, 6.07) is 16.7. The number of hydrogen-bond acceptors (Lipinski definition) is 4. The van der Waals surface area contributed by atoms with Gasteiger partial charge in [-0.2, -0.15) is 4.72 Å². The normalized spacial score (nSPS) is 12.6. The molecule has 2 N–H and O–H groups in total. The predicted molar refractivity (Wildman–Crippen MR) is 139 cm³/mol. The van der Waals surface area contributed by atoms with Gasteiger partial charge in [-0.3, -0.25) is 4.79 Å². The maximum Gasteiger partial charge on any atom is 0.322 e. The number of carboxylic acids is 1. The SMILES string of the molecule is O=C(O)C(Cc1ccc2nc(-c3c(Cl)cccc3Cl)ccc2c1)NS(=O)(=O)c1c(Cl)cccc1Cl. The molecule has 0 spiro atoms. The van der Waals surface area contributed by atoms with Crippen LogP contribution in [0.1, 0.15) is 5.56 Å². The number of aliphatic carboxylic acids is 1. The molecule has 0 bridgehead atoms. The van der Waals surface area contributed by atoms with Crippen molar-refractivity contribution >= 4 is 73.3 Å². The van der Waals surface area contributed by atoms with E-state index in [2.05, 4.69) is 9.71 Å². The van der Waals surface area contributed by atoms with Crippen LogP contribution in [0.3, 0.4) is 0 Å². The lowest BCUT2D eigenvalue weighted by Gasteiger charge is -2.16. The smallest absolute Gasteiger partial charge is 0.322 e. The van der Waals surface area contributed by atoms with E-state index in [9.17, 15) is 18.3 Å². The van der Waals surface area contributed by atoms with Gasteiger partial charge in [-0.05, 0) is 54.4 Å². The standard InChI is InChI=1S/C24H16Cl4N2O4S/c25-15-3-1-4-16(26)22(15)20-10-8-14-11-13(7-9-19(14)29-20)12-21(24(31)32)30-35(33,34)23-17(27)5-2-6-18(23)28/h1-11,21,30H,12H2,(H,31,32). The average Bonchev–Trinajstić information content (AvgIpc) is 2.78. The van der Waals surface area contributed by atoms with Crippen LogP contribution in [0.4, 0.5) is 0 Å². The molecule has 180 valence electrons. The van der Waals surface area contributed by atoms with Crippen LogP contribution >= 0.6 is 46.4 Å². The van der Waals surface area contributed by atoms with Crippen molar-refractivity contribution in [1.82, 2.24) is 9.71 Å². The second-order valence-electron chi connectivity index (χ2n) is 7.59. The minimum Gasteiger partial charge on any atom is -0.480 e. The first-order valence-electron chi connectivity index (χ1n) is 10.1. The van der Waals surface area contributed by atoms with Crippen LogP contribution in [0.15, 0.2) is 71.6 Å². The summed E-state index contributed by atoms with van der Waals surface area (Å²) in [5.74, 6) is -1.35. The van der Waals surface area contributed by atoms with Crippen LogP contribution < -0.4 is 4.72 Å². The van der Waals surface area contributed by atoms with Crippen LogP contribution in [-0.4, -0.2) is 30.5 Å². The van der Waals surface area contributed by atoms with Gasteiger partial charge in [0.1, 0.15) is 10.9 Å². The minimum atomic E-state index is -4.30. The molecule has 0 aliphatic heterocycles. The number of benzene rings is 3. The van der Waals surface area contributed by atoms with Gasteiger partial charge in [0.2, 0.25) is 10.0 Å². The molecule has 1 atom stereocenters. The maximum atomic E-state index is 12.8. The molecule has 4 aromatic rings. The number of nitrogens with one attached hydrogen (secondary N) is 1. The van der Waals surface area contributed by atoms with Crippen molar-refractivity contribution in [2.75, 3.05) is 0 Å². The quantitative estimate of drug-likeness (QED) is 0.265. The summed E-state index contributed by atoms with van der Waals surface area (Å²) in [5.41, 5.74) is 2.43. The van der Waals surface area contributed by atoms with E-state index < -0.39 is 22.0 Å². The van der Waals surface area contributed by atoms with Crippen LogP contribution in [0.2, 0.25) is 20.1 Å². The fourth-order valence-corrected chi connectivity index (χ4v) is 6.51. The summed E-state index contributed by atoms with van der Waals surface area (Å²) in [4.78, 5) is 16.1. The summed E-state index contributed by atoms with van der Waals surface area (Å²) in [7, 11) is -4.30. The Morgan fingerprint density at radius 2 is 1.49 bits per heavy atom. The molecular weight excluding hydrogens is 554 g/mol. The van der Waals surface area contributed by atoms with E-state index in [1.807, 2.05) is 6.07 Å². The minimum absolute atomic E-state index is 0.111. The van der Waals surface area contributed by atoms with Crippen LogP contribution in [0.5, 0.6) is 0 Å². The number of hydrogen-bond donors (Lipinski definition) is 2. The number of halogens is 4. The second kappa shape index (κ2) is 10.3. The molecule has 0 aliphatic carbocycles. The van der Waals surface area contributed by atoms with E-state index in [1.54, 1.807) is 42.5 Å². The zero-order valence-electron chi connectivity index (χ0n) is 17.7. The molecule has 0 aliphatic rings. The number of sulfonamides is 1. The number of aromatic nitrogens is 1. The van der Waals surface area contributed by atoms with Crippen LogP contribution in [-0.2, 0) is 21.2 Å². The first-order valence-corrected chi connectivity index (χ1v) is 13.1. The topological polar surface area (TPSA) is 96.4 Å². The molecule has 0 saturated carbocycles. The highest BCUT2D eigenvalue weighted by atomic mass is 35.5. The van der Waals surface area contributed by atoms with Gasteiger partial charge in [0, 0.05) is 10.9 Å². The molecule has 35 heavy (non-hydrogen) atoms. The average molecular weight is 570 g/mol. The van der Waals surface area contributed by atoms with Crippen molar-refractivity contribution in [3.8, 4) is 11.3 Å². The number of rotatable bonds is 7. The van der Waals surface area contributed by atoms with E-state index in [1.165, 1.54) is 18.2 Å². The molecule has 11 heteroatoms. The van der Waals surface area contributed by atoms with Gasteiger partial charge in [-0.1, -0.05) is 70.7 Å². The number of pyridine rings is 1. The van der Waals surface area contributed by atoms with Gasteiger partial charge in [-0.15, -0.1) is 0 Å². The first-order chi connectivity index (χ1) is 16.6. The highest BCUT2D eigenvalue weighted by Crippen LogP contribution is 2.34. The Kier molecular flexibility index (Phi) is 7.57. The van der Waals surface area contributed by atoms with E-state index in [0.29, 0.717) is 32.4 Å². The first kappa shape index (κ1) is 25.7. The molecular formula is C24H16Cl4N2O4S.